The number of carbonyl (C=O) groups excluding carboxylic acids is 1. The van der Waals surface area contributed by atoms with Gasteiger partial charge in [-0.15, -0.1) is 0 Å². The van der Waals surface area contributed by atoms with Crippen LogP contribution in [0, 0.1) is 6.92 Å². The quantitative estimate of drug-likeness (QED) is 0.567. The Bertz CT molecular complexity index is 1040. The Morgan fingerprint density at radius 3 is 2.69 bits per heavy atom. The summed E-state index contributed by atoms with van der Waals surface area (Å²) in [6.45, 7) is 1.99. The molecule has 4 rings (SSSR count). The average molecular weight is 359 g/mol. The monoisotopic (exact) mass is 359 g/mol. The first-order valence-electron chi connectivity index (χ1n) is 8.35. The summed E-state index contributed by atoms with van der Waals surface area (Å²) >= 11 is 1.57. The second-order valence-corrected chi connectivity index (χ2v) is 7.06. The van der Waals surface area contributed by atoms with Crippen LogP contribution in [0.5, 0.6) is 0 Å². The van der Waals surface area contributed by atoms with Gasteiger partial charge in [0, 0.05) is 17.4 Å². The highest BCUT2D eigenvalue weighted by Gasteiger charge is 2.10. The molecular formula is C21H17N3OS. The molecule has 2 aromatic carbocycles. The zero-order chi connectivity index (χ0) is 17.9. The molecule has 5 heteroatoms. The van der Waals surface area contributed by atoms with Crippen LogP contribution in [0.25, 0.3) is 20.9 Å². The van der Waals surface area contributed by atoms with Gasteiger partial charge in [0.1, 0.15) is 15.4 Å². The van der Waals surface area contributed by atoms with E-state index >= 15 is 0 Å². The van der Waals surface area contributed by atoms with Crippen molar-refractivity contribution in [3.63, 3.8) is 0 Å². The van der Waals surface area contributed by atoms with Crippen molar-refractivity contribution in [2.75, 3.05) is 5.32 Å². The lowest BCUT2D eigenvalue weighted by Gasteiger charge is -2.09. The standard InChI is InChI=1S/C21H17N3OS/c1-14-12-16(20-24-18-8-5-11-22-21(18)26-20)9-10-17(14)23-19(25)13-15-6-3-2-4-7-15/h2-12H,13H2,1H3,(H,23,25). The molecule has 0 spiro atoms. The van der Waals surface area contributed by atoms with Crippen LogP contribution in [0.15, 0.2) is 66.9 Å². The number of hydrogen-bond acceptors (Lipinski definition) is 4. The molecule has 0 aliphatic heterocycles. The van der Waals surface area contributed by atoms with Crippen LogP contribution >= 0.6 is 11.3 Å². The summed E-state index contributed by atoms with van der Waals surface area (Å²) in [6, 6.07) is 19.6. The number of hydrogen-bond donors (Lipinski definition) is 1. The number of thiazole rings is 1. The minimum absolute atomic E-state index is 0.0174. The summed E-state index contributed by atoms with van der Waals surface area (Å²) in [5.74, 6) is -0.0174. The van der Waals surface area contributed by atoms with Crippen molar-refractivity contribution in [1.29, 1.82) is 0 Å². The van der Waals surface area contributed by atoms with Crippen molar-refractivity contribution in [2.24, 2.45) is 0 Å². The van der Waals surface area contributed by atoms with Crippen LogP contribution in [0.4, 0.5) is 5.69 Å². The van der Waals surface area contributed by atoms with Gasteiger partial charge in [0.05, 0.1) is 6.42 Å². The maximum Gasteiger partial charge on any atom is 0.228 e. The Labute approximate surface area is 155 Å². The molecule has 2 aromatic heterocycles. The minimum Gasteiger partial charge on any atom is -0.326 e. The van der Waals surface area contributed by atoms with Gasteiger partial charge in [-0.1, -0.05) is 41.7 Å². The fourth-order valence-corrected chi connectivity index (χ4v) is 3.71. The van der Waals surface area contributed by atoms with E-state index < -0.39 is 0 Å². The molecule has 128 valence electrons. The van der Waals surface area contributed by atoms with Gasteiger partial charge < -0.3 is 5.32 Å². The number of benzene rings is 2. The molecule has 0 unspecified atom stereocenters. The number of amides is 1. The lowest BCUT2D eigenvalue weighted by atomic mass is 10.1. The molecule has 1 amide bonds. The first-order chi connectivity index (χ1) is 12.7. The van der Waals surface area contributed by atoms with Crippen LogP contribution in [-0.2, 0) is 11.2 Å². The summed E-state index contributed by atoms with van der Waals surface area (Å²) < 4.78 is 0. The first kappa shape index (κ1) is 16.4. The fraction of sp³-hybridized carbons (Fsp3) is 0.0952. The van der Waals surface area contributed by atoms with Crippen LogP contribution in [0.2, 0.25) is 0 Å². The topological polar surface area (TPSA) is 54.9 Å². The molecule has 0 radical (unpaired) electrons. The Hall–Kier alpha value is -3.05. The lowest BCUT2D eigenvalue weighted by Crippen LogP contribution is -2.15. The number of nitrogens with one attached hydrogen (secondary N) is 1. The van der Waals surface area contributed by atoms with Crippen LogP contribution in [0.3, 0.4) is 0 Å². The molecule has 4 aromatic rings. The number of anilines is 1. The molecule has 0 aliphatic rings. The molecule has 0 atom stereocenters. The van der Waals surface area contributed by atoms with Gasteiger partial charge in [-0.2, -0.15) is 0 Å². The van der Waals surface area contributed by atoms with Gasteiger partial charge >= 0.3 is 0 Å². The first-order valence-corrected chi connectivity index (χ1v) is 9.17. The third-order valence-corrected chi connectivity index (χ3v) is 5.15. The van der Waals surface area contributed by atoms with E-state index in [0.29, 0.717) is 6.42 Å². The molecule has 0 saturated carbocycles. The van der Waals surface area contributed by atoms with Crippen molar-refractivity contribution >= 4 is 33.3 Å². The van der Waals surface area contributed by atoms with Gasteiger partial charge in [0.15, 0.2) is 0 Å². The summed E-state index contributed by atoms with van der Waals surface area (Å²) in [5.41, 5.74) is 4.78. The summed E-state index contributed by atoms with van der Waals surface area (Å²) in [5, 5.41) is 3.93. The largest absolute Gasteiger partial charge is 0.326 e. The zero-order valence-corrected chi connectivity index (χ0v) is 15.1. The maximum atomic E-state index is 12.3. The molecule has 2 heterocycles. The van der Waals surface area contributed by atoms with Gasteiger partial charge in [-0.3, -0.25) is 4.79 Å². The van der Waals surface area contributed by atoms with Gasteiger partial charge in [0.25, 0.3) is 0 Å². The van der Waals surface area contributed by atoms with E-state index in [1.54, 1.807) is 17.5 Å². The average Bonchev–Trinajstić information content (AvgIpc) is 3.08. The van der Waals surface area contributed by atoms with E-state index in [1.165, 1.54) is 0 Å². The number of pyridine rings is 1. The predicted octanol–water partition coefficient (Wildman–Crippen LogP) is 4.85. The molecule has 4 nitrogen and oxygen atoms in total. The van der Waals surface area contributed by atoms with Crippen molar-refractivity contribution in [2.45, 2.75) is 13.3 Å². The third-order valence-electron chi connectivity index (χ3n) is 4.12. The SMILES string of the molecule is Cc1cc(-c2nc3cccnc3s2)ccc1NC(=O)Cc1ccccc1. The number of aryl methyl sites for hydroxylation is 1. The van der Waals surface area contributed by atoms with Gasteiger partial charge in [-0.25, -0.2) is 9.97 Å². The fourth-order valence-electron chi connectivity index (χ4n) is 2.81. The van der Waals surface area contributed by atoms with Crippen molar-refractivity contribution in [3.05, 3.63) is 78.0 Å². The lowest BCUT2D eigenvalue weighted by molar-refractivity contribution is -0.115. The minimum atomic E-state index is -0.0174. The molecule has 0 fully saturated rings. The van der Waals surface area contributed by atoms with Crippen LogP contribution in [0.1, 0.15) is 11.1 Å². The smallest absolute Gasteiger partial charge is 0.228 e. The van der Waals surface area contributed by atoms with Crippen molar-refractivity contribution in [1.82, 2.24) is 9.97 Å². The second-order valence-electron chi connectivity index (χ2n) is 6.09. The highest BCUT2D eigenvalue weighted by atomic mass is 32.1. The maximum absolute atomic E-state index is 12.3. The van der Waals surface area contributed by atoms with Gasteiger partial charge in [0.2, 0.25) is 5.91 Å². The van der Waals surface area contributed by atoms with Crippen LogP contribution < -0.4 is 5.32 Å². The van der Waals surface area contributed by atoms with E-state index in [2.05, 4.69) is 21.4 Å². The molecule has 26 heavy (non-hydrogen) atoms. The summed E-state index contributed by atoms with van der Waals surface area (Å²) in [4.78, 5) is 22.2. The highest BCUT2D eigenvalue weighted by Crippen LogP contribution is 2.31. The molecule has 0 saturated heterocycles. The normalized spacial score (nSPS) is 10.8. The number of nitrogens with zero attached hydrogens (tertiary/aromatic N) is 2. The Balaban J connectivity index is 1.53. The van der Waals surface area contributed by atoms with Crippen LogP contribution in [-0.4, -0.2) is 15.9 Å². The van der Waals surface area contributed by atoms with E-state index in [-0.39, 0.29) is 5.91 Å². The molecule has 0 aliphatic carbocycles. The van der Waals surface area contributed by atoms with E-state index in [9.17, 15) is 4.79 Å². The highest BCUT2D eigenvalue weighted by molar-refractivity contribution is 7.21. The number of rotatable bonds is 4. The second kappa shape index (κ2) is 7.06. The zero-order valence-electron chi connectivity index (χ0n) is 14.3. The Kier molecular flexibility index (Phi) is 4.46. The number of aromatic nitrogens is 2. The van der Waals surface area contributed by atoms with Crippen molar-refractivity contribution < 1.29 is 4.79 Å². The van der Waals surface area contributed by atoms with E-state index in [0.717, 1.165) is 37.7 Å². The summed E-state index contributed by atoms with van der Waals surface area (Å²) in [7, 11) is 0. The van der Waals surface area contributed by atoms with Gasteiger partial charge in [-0.05, 0) is 48.4 Å². The van der Waals surface area contributed by atoms with E-state index in [4.69, 9.17) is 0 Å². The van der Waals surface area contributed by atoms with E-state index in [1.807, 2.05) is 61.5 Å². The number of carbonyl (C=O) groups is 1. The molecular weight excluding hydrogens is 342 g/mol. The molecule has 0 bridgehead atoms. The Morgan fingerprint density at radius 1 is 1.08 bits per heavy atom. The summed E-state index contributed by atoms with van der Waals surface area (Å²) in [6.07, 6.45) is 2.15. The molecule has 1 N–H and O–H groups in total. The predicted molar refractivity (Wildman–Crippen MR) is 106 cm³/mol. The third kappa shape index (κ3) is 3.48. The Morgan fingerprint density at radius 2 is 1.92 bits per heavy atom. The number of fused-ring (bicyclic) bond motifs is 1. The van der Waals surface area contributed by atoms with Crippen molar-refractivity contribution in [3.8, 4) is 10.6 Å².